The van der Waals surface area contributed by atoms with Crippen molar-refractivity contribution in [3.8, 4) is 0 Å². The molecule has 3 heteroatoms. The van der Waals surface area contributed by atoms with Crippen molar-refractivity contribution in [2.75, 3.05) is 0 Å². The van der Waals surface area contributed by atoms with E-state index in [1.807, 2.05) is 0 Å². The van der Waals surface area contributed by atoms with E-state index in [0.717, 1.165) is 0 Å². The first-order chi connectivity index (χ1) is 5.13. The summed E-state index contributed by atoms with van der Waals surface area (Å²) in [7, 11) is 0. The molecule has 0 fully saturated rings. The average Bonchev–Trinajstić information content (AvgIpc) is 1.94. The maximum atomic E-state index is 9.17. The van der Waals surface area contributed by atoms with Gasteiger partial charge in [-0.2, -0.15) is 0 Å². The van der Waals surface area contributed by atoms with E-state index in [2.05, 4.69) is 0 Å². The average molecular weight is 154 g/mol. The van der Waals surface area contributed by atoms with Gasteiger partial charge >= 0.3 is 0 Å². The van der Waals surface area contributed by atoms with E-state index in [1.54, 1.807) is 6.08 Å². The second kappa shape index (κ2) is 2.70. The minimum atomic E-state index is -0.229. The molecular weight excluding hydrogens is 144 g/mol. The standard InChI is InChI=1S/C8H10O3/c1-5(9)6-3-2-4-7(10)8(6)11/h2,4,9-11H,3H2,1H3. The summed E-state index contributed by atoms with van der Waals surface area (Å²) in [6.07, 6.45) is 3.53. The number of hydrogen-bond acceptors (Lipinski definition) is 3. The van der Waals surface area contributed by atoms with Gasteiger partial charge in [-0.1, -0.05) is 6.08 Å². The van der Waals surface area contributed by atoms with Crippen LogP contribution in [0, 0.1) is 0 Å². The molecule has 11 heavy (non-hydrogen) atoms. The quantitative estimate of drug-likeness (QED) is 0.468. The molecule has 3 nitrogen and oxygen atoms in total. The third-order valence-corrected chi connectivity index (χ3v) is 1.56. The zero-order chi connectivity index (χ0) is 8.43. The molecule has 0 aliphatic heterocycles. The van der Waals surface area contributed by atoms with Crippen LogP contribution in [0.25, 0.3) is 0 Å². The Labute approximate surface area is 64.6 Å². The Balaban J connectivity index is 3.09. The summed E-state index contributed by atoms with van der Waals surface area (Å²) in [5, 5.41) is 27.2. The molecule has 0 heterocycles. The van der Waals surface area contributed by atoms with Gasteiger partial charge in [-0.3, -0.25) is 0 Å². The van der Waals surface area contributed by atoms with Gasteiger partial charge in [0.25, 0.3) is 0 Å². The van der Waals surface area contributed by atoms with Crippen molar-refractivity contribution in [1.29, 1.82) is 0 Å². The predicted octanol–water partition coefficient (Wildman–Crippen LogP) is 2.11. The summed E-state index contributed by atoms with van der Waals surface area (Å²) < 4.78 is 0. The Kier molecular flexibility index (Phi) is 1.89. The molecule has 0 amide bonds. The predicted molar refractivity (Wildman–Crippen MR) is 41.4 cm³/mol. The highest BCUT2D eigenvalue weighted by Crippen LogP contribution is 2.22. The van der Waals surface area contributed by atoms with Crippen molar-refractivity contribution in [1.82, 2.24) is 0 Å². The van der Waals surface area contributed by atoms with Crippen LogP contribution in [0.4, 0.5) is 0 Å². The highest BCUT2D eigenvalue weighted by molar-refractivity contribution is 5.38. The summed E-state index contributed by atoms with van der Waals surface area (Å²) in [6.45, 7) is 1.47. The van der Waals surface area contributed by atoms with E-state index in [0.29, 0.717) is 12.0 Å². The molecule has 0 spiro atoms. The fourth-order valence-corrected chi connectivity index (χ4v) is 0.938. The lowest BCUT2D eigenvalue weighted by Gasteiger charge is -2.10. The van der Waals surface area contributed by atoms with Crippen molar-refractivity contribution >= 4 is 0 Å². The van der Waals surface area contributed by atoms with E-state index in [9.17, 15) is 0 Å². The van der Waals surface area contributed by atoms with E-state index in [-0.39, 0.29) is 17.3 Å². The molecule has 0 radical (unpaired) electrons. The van der Waals surface area contributed by atoms with Crippen LogP contribution in [0.5, 0.6) is 0 Å². The number of allylic oxidation sites excluding steroid dienone is 4. The van der Waals surface area contributed by atoms with Gasteiger partial charge in [0.15, 0.2) is 11.5 Å². The zero-order valence-corrected chi connectivity index (χ0v) is 6.20. The van der Waals surface area contributed by atoms with Gasteiger partial charge in [0.1, 0.15) is 0 Å². The lowest BCUT2D eigenvalue weighted by molar-refractivity contribution is 0.330. The summed E-state index contributed by atoms with van der Waals surface area (Å²) in [6, 6.07) is 0. The lowest BCUT2D eigenvalue weighted by Crippen LogP contribution is -1.99. The smallest absolute Gasteiger partial charge is 0.164 e. The third kappa shape index (κ3) is 1.37. The summed E-state index contributed by atoms with van der Waals surface area (Å²) in [5.41, 5.74) is 0.380. The second-order valence-corrected chi connectivity index (χ2v) is 2.40. The molecule has 60 valence electrons. The maximum Gasteiger partial charge on any atom is 0.164 e. The zero-order valence-electron chi connectivity index (χ0n) is 6.20. The Bertz CT molecular complexity index is 255. The molecule has 0 unspecified atom stereocenters. The van der Waals surface area contributed by atoms with Gasteiger partial charge in [0.05, 0.1) is 5.76 Å². The molecular formula is C8H10O3. The third-order valence-electron chi connectivity index (χ3n) is 1.56. The highest BCUT2D eigenvalue weighted by atomic mass is 16.3. The lowest BCUT2D eigenvalue weighted by atomic mass is 10.0. The van der Waals surface area contributed by atoms with Gasteiger partial charge in [-0.25, -0.2) is 0 Å². The fourth-order valence-electron chi connectivity index (χ4n) is 0.938. The van der Waals surface area contributed by atoms with Gasteiger partial charge in [0.2, 0.25) is 0 Å². The largest absolute Gasteiger partial charge is 0.512 e. The number of aliphatic hydroxyl groups is 3. The Morgan fingerprint density at radius 3 is 2.55 bits per heavy atom. The summed E-state index contributed by atoms with van der Waals surface area (Å²) in [5.74, 6) is -0.384. The molecule has 1 aliphatic carbocycles. The molecule has 1 rings (SSSR count). The highest BCUT2D eigenvalue weighted by Gasteiger charge is 2.13. The van der Waals surface area contributed by atoms with E-state index < -0.39 is 0 Å². The van der Waals surface area contributed by atoms with Crippen LogP contribution in [0.15, 0.2) is 35.0 Å². The Morgan fingerprint density at radius 2 is 2.09 bits per heavy atom. The molecule has 0 aromatic carbocycles. The van der Waals surface area contributed by atoms with E-state index in [4.69, 9.17) is 15.3 Å². The SMILES string of the molecule is CC(O)=C1CC=CC(O)=C1O. The van der Waals surface area contributed by atoms with Crippen molar-refractivity contribution in [3.63, 3.8) is 0 Å². The molecule has 0 saturated heterocycles. The molecule has 0 saturated carbocycles. The van der Waals surface area contributed by atoms with Crippen LogP contribution >= 0.6 is 0 Å². The monoisotopic (exact) mass is 154 g/mol. The number of aliphatic hydroxyl groups excluding tert-OH is 3. The first kappa shape index (κ1) is 7.72. The van der Waals surface area contributed by atoms with Crippen LogP contribution in [-0.4, -0.2) is 15.3 Å². The molecule has 0 aromatic rings. The molecule has 0 bridgehead atoms. The van der Waals surface area contributed by atoms with E-state index in [1.165, 1.54) is 13.0 Å². The normalized spacial score (nSPS) is 22.3. The molecule has 0 atom stereocenters. The van der Waals surface area contributed by atoms with Crippen LogP contribution < -0.4 is 0 Å². The minimum Gasteiger partial charge on any atom is -0.512 e. The van der Waals surface area contributed by atoms with Crippen LogP contribution in [0.3, 0.4) is 0 Å². The van der Waals surface area contributed by atoms with Gasteiger partial charge < -0.3 is 15.3 Å². The van der Waals surface area contributed by atoms with Gasteiger partial charge in [-0.05, 0) is 19.4 Å². The first-order valence-corrected chi connectivity index (χ1v) is 3.30. The van der Waals surface area contributed by atoms with Gasteiger partial charge in [0, 0.05) is 5.57 Å². The van der Waals surface area contributed by atoms with E-state index >= 15 is 0 Å². The minimum absolute atomic E-state index is 0.0402. The van der Waals surface area contributed by atoms with Crippen molar-refractivity contribution < 1.29 is 15.3 Å². The van der Waals surface area contributed by atoms with Crippen molar-refractivity contribution in [2.45, 2.75) is 13.3 Å². The maximum absolute atomic E-state index is 9.17. The van der Waals surface area contributed by atoms with Crippen LogP contribution in [0.1, 0.15) is 13.3 Å². The Hall–Kier alpha value is -1.38. The second-order valence-electron chi connectivity index (χ2n) is 2.40. The van der Waals surface area contributed by atoms with Crippen LogP contribution in [-0.2, 0) is 0 Å². The van der Waals surface area contributed by atoms with Crippen molar-refractivity contribution in [3.05, 3.63) is 35.0 Å². The van der Waals surface area contributed by atoms with Gasteiger partial charge in [-0.15, -0.1) is 0 Å². The number of hydrogen-bond donors (Lipinski definition) is 3. The molecule has 0 aromatic heterocycles. The molecule has 1 aliphatic rings. The summed E-state index contributed by atoms with van der Waals surface area (Å²) in [4.78, 5) is 0. The molecule has 3 N–H and O–H groups in total. The fraction of sp³-hybridized carbons (Fsp3) is 0.250. The van der Waals surface area contributed by atoms with Crippen LogP contribution in [0.2, 0.25) is 0 Å². The number of rotatable bonds is 0. The van der Waals surface area contributed by atoms with Crippen molar-refractivity contribution in [2.24, 2.45) is 0 Å². The Morgan fingerprint density at radius 1 is 1.45 bits per heavy atom. The topological polar surface area (TPSA) is 60.7 Å². The summed E-state index contributed by atoms with van der Waals surface area (Å²) >= 11 is 0. The first-order valence-electron chi connectivity index (χ1n) is 3.30.